The van der Waals surface area contributed by atoms with Crippen LogP contribution >= 0.6 is 0 Å². The van der Waals surface area contributed by atoms with E-state index in [1.165, 1.54) is 62.7 Å². The second-order valence-corrected chi connectivity index (χ2v) is 6.12. The van der Waals surface area contributed by atoms with Crippen LogP contribution in [0.25, 0.3) is 0 Å². The third kappa shape index (κ3) is 6.83. The van der Waals surface area contributed by atoms with E-state index in [-0.39, 0.29) is 0 Å². The number of nitrogens with one attached hydrogen (secondary N) is 1. The molecule has 0 atom stereocenters. The van der Waals surface area contributed by atoms with E-state index in [1.807, 2.05) is 12.4 Å². The van der Waals surface area contributed by atoms with E-state index in [0.717, 1.165) is 0 Å². The summed E-state index contributed by atoms with van der Waals surface area (Å²) >= 11 is 0. The van der Waals surface area contributed by atoms with Gasteiger partial charge in [0.2, 0.25) is 0 Å². The number of hydrogen-bond acceptors (Lipinski definition) is 3. The van der Waals surface area contributed by atoms with E-state index in [4.69, 9.17) is 0 Å². The van der Waals surface area contributed by atoms with Crippen LogP contribution in [-0.4, -0.2) is 25.1 Å². The highest BCUT2D eigenvalue weighted by molar-refractivity contribution is 5.68. The molecule has 0 radical (unpaired) electrons. The van der Waals surface area contributed by atoms with Gasteiger partial charge in [-0.2, -0.15) is 0 Å². The van der Waals surface area contributed by atoms with Gasteiger partial charge >= 0.3 is 0 Å². The fraction of sp³-hybridized carbons (Fsp3) is 0.722. The van der Waals surface area contributed by atoms with Crippen LogP contribution in [0.15, 0.2) is 18.5 Å². The number of aromatic nitrogens is 1. The third-order valence-corrected chi connectivity index (χ3v) is 3.95. The second kappa shape index (κ2) is 10.5. The molecule has 0 spiro atoms. The van der Waals surface area contributed by atoms with E-state index < -0.39 is 0 Å². The first-order chi connectivity index (χ1) is 10.2. The van der Waals surface area contributed by atoms with E-state index in [0.29, 0.717) is 6.04 Å². The van der Waals surface area contributed by atoms with Crippen molar-refractivity contribution in [1.82, 2.24) is 4.98 Å². The maximum absolute atomic E-state index is 4.28. The summed E-state index contributed by atoms with van der Waals surface area (Å²) in [5, 5.41) is 3.74. The molecule has 1 aromatic heterocycles. The normalized spacial score (nSPS) is 10.9. The fourth-order valence-corrected chi connectivity index (χ4v) is 2.68. The molecule has 21 heavy (non-hydrogen) atoms. The number of rotatable bonds is 11. The predicted octanol–water partition coefficient (Wildman–Crippen LogP) is 5.09. The Morgan fingerprint density at radius 1 is 1.05 bits per heavy atom. The maximum Gasteiger partial charge on any atom is 0.0766 e. The van der Waals surface area contributed by atoms with Crippen LogP contribution in [-0.2, 0) is 0 Å². The standard InChI is InChI=1S/C18H33N3/c1-5-7-9-11-16(12-10-8-6-2)20-17-15-19-14-13-18(17)21(3)4/h13-16,20H,5-12H2,1-4H3. The van der Waals surface area contributed by atoms with Crippen molar-refractivity contribution in [3.63, 3.8) is 0 Å². The zero-order valence-electron chi connectivity index (χ0n) is 14.4. The SMILES string of the molecule is CCCCCC(CCCCC)Nc1cnccc1N(C)C. The lowest BCUT2D eigenvalue weighted by Crippen LogP contribution is -2.22. The van der Waals surface area contributed by atoms with Crippen molar-refractivity contribution in [2.45, 2.75) is 71.3 Å². The molecule has 0 aliphatic heterocycles. The molecule has 0 bridgehead atoms. The second-order valence-electron chi connectivity index (χ2n) is 6.12. The minimum absolute atomic E-state index is 0.575. The fourth-order valence-electron chi connectivity index (χ4n) is 2.68. The molecule has 0 fully saturated rings. The van der Waals surface area contributed by atoms with Gasteiger partial charge in [-0.05, 0) is 18.9 Å². The van der Waals surface area contributed by atoms with Crippen molar-refractivity contribution >= 4 is 11.4 Å². The van der Waals surface area contributed by atoms with Gasteiger partial charge in [0, 0.05) is 26.3 Å². The quantitative estimate of drug-likeness (QED) is 0.576. The van der Waals surface area contributed by atoms with Gasteiger partial charge in [-0.1, -0.05) is 52.4 Å². The first-order valence-corrected chi connectivity index (χ1v) is 8.56. The summed E-state index contributed by atoms with van der Waals surface area (Å²) in [6.45, 7) is 4.54. The van der Waals surface area contributed by atoms with Gasteiger partial charge in [-0.15, -0.1) is 0 Å². The lowest BCUT2D eigenvalue weighted by molar-refractivity contribution is 0.526. The number of unbranched alkanes of at least 4 members (excludes halogenated alkanes) is 4. The topological polar surface area (TPSA) is 28.2 Å². The summed E-state index contributed by atoms with van der Waals surface area (Å²) in [5.41, 5.74) is 2.39. The van der Waals surface area contributed by atoms with E-state index >= 15 is 0 Å². The molecule has 120 valence electrons. The predicted molar refractivity (Wildman–Crippen MR) is 94.3 cm³/mol. The van der Waals surface area contributed by atoms with Crippen LogP contribution in [0.2, 0.25) is 0 Å². The number of anilines is 2. The van der Waals surface area contributed by atoms with Gasteiger partial charge in [0.25, 0.3) is 0 Å². The van der Waals surface area contributed by atoms with Crippen LogP contribution in [0.3, 0.4) is 0 Å². The summed E-state index contributed by atoms with van der Waals surface area (Å²) in [6, 6.07) is 2.66. The first kappa shape index (κ1) is 17.8. The molecule has 0 aliphatic carbocycles. The van der Waals surface area contributed by atoms with Crippen LogP contribution in [0, 0.1) is 0 Å². The Balaban J connectivity index is 2.65. The maximum atomic E-state index is 4.28. The lowest BCUT2D eigenvalue weighted by atomic mass is 10.0. The molecule has 1 heterocycles. The van der Waals surface area contributed by atoms with Crippen molar-refractivity contribution in [3.8, 4) is 0 Å². The Hall–Kier alpha value is -1.25. The summed E-state index contributed by atoms with van der Waals surface area (Å²) in [5.74, 6) is 0. The highest BCUT2D eigenvalue weighted by Gasteiger charge is 2.11. The van der Waals surface area contributed by atoms with Crippen molar-refractivity contribution in [1.29, 1.82) is 0 Å². The van der Waals surface area contributed by atoms with Crippen LogP contribution < -0.4 is 10.2 Å². The van der Waals surface area contributed by atoms with Gasteiger partial charge in [-0.25, -0.2) is 0 Å². The average molecular weight is 291 g/mol. The van der Waals surface area contributed by atoms with Crippen molar-refractivity contribution in [2.75, 3.05) is 24.3 Å². The Labute approximate surface area is 131 Å². The van der Waals surface area contributed by atoms with Gasteiger partial charge in [0.1, 0.15) is 0 Å². The van der Waals surface area contributed by atoms with E-state index in [9.17, 15) is 0 Å². The summed E-state index contributed by atoms with van der Waals surface area (Å²) in [6.07, 6.45) is 14.2. The molecule has 0 amide bonds. The van der Waals surface area contributed by atoms with Gasteiger partial charge in [-0.3, -0.25) is 4.98 Å². The van der Waals surface area contributed by atoms with Crippen LogP contribution in [0.5, 0.6) is 0 Å². The smallest absolute Gasteiger partial charge is 0.0766 e. The third-order valence-electron chi connectivity index (χ3n) is 3.95. The van der Waals surface area contributed by atoms with Gasteiger partial charge in [0.05, 0.1) is 17.6 Å². The van der Waals surface area contributed by atoms with Crippen LogP contribution in [0.4, 0.5) is 11.4 Å². The summed E-state index contributed by atoms with van der Waals surface area (Å²) in [7, 11) is 4.17. The molecule has 0 saturated heterocycles. The molecular weight excluding hydrogens is 258 g/mol. The molecule has 1 rings (SSSR count). The summed E-state index contributed by atoms with van der Waals surface area (Å²) in [4.78, 5) is 6.44. The molecular formula is C18H33N3. The lowest BCUT2D eigenvalue weighted by Gasteiger charge is -2.24. The van der Waals surface area contributed by atoms with Gasteiger partial charge in [0.15, 0.2) is 0 Å². The van der Waals surface area contributed by atoms with E-state index in [1.54, 1.807) is 0 Å². The molecule has 1 aromatic rings. The molecule has 0 aromatic carbocycles. The first-order valence-electron chi connectivity index (χ1n) is 8.56. The Morgan fingerprint density at radius 2 is 1.67 bits per heavy atom. The van der Waals surface area contributed by atoms with Crippen molar-refractivity contribution in [3.05, 3.63) is 18.5 Å². The Bertz CT molecular complexity index is 366. The monoisotopic (exact) mass is 291 g/mol. The molecule has 0 aliphatic rings. The largest absolute Gasteiger partial charge is 0.379 e. The molecule has 3 nitrogen and oxygen atoms in total. The number of pyridine rings is 1. The minimum Gasteiger partial charge on any atom is -0.379 e. The Morgan fingerprint density at radius 3 is 2.19 bits per heavy atom. The molecule has 1 N–H and O–H groups in total. The molecule has 0 saturated carbocycles. The van der Waals surface area contributed by atoms with Crippen LogP contribution in [0.1, 0.15) is 65.2 Å². The summed E-state index contributed by atoms with van der Waals surface area (Å²) < 4.78 is 0. The average Bonchev–Trinajstić information content (AvgIpc) is 2.48. The highest BCUT2D eigenvalue weighted by atomic mass is 15.1. The number of nitrogens with zero attached hydrogens (tertiary/aromatic N) is 2. The molecule has 0 unspecified atom stereocenters. The van der Waals surface area contributed by atoms with Crippen molar-refractivity contribution < 1.29 is 0 Å². The minimum atomic E-state index is 0.575. The zero-order chi connectivity index (χ0) is 15.5. The Kier molecular flexibility index (Phi) is 8.88. The zero-order valence-corrected chi connectivity index (χ0v) is 14.4. The highest BCUT2D eigenvalue weighted by Crippen LogP contribution is 2.25. The van der Waals surface area contributed by atoms with E-state index in [2.05, 4.69) is 49.2 Å². The van der Waals surface area contributed by atoms with Crippen molar-refractivity contribution in [2.24, 2.45) is 0 Å². The van der Waals surface area contributed by atoms with Gasteiger partial charge < -0.3 is 10.2 Å². The molecule has 3 heteroatoms. The number of hydrogen-bond donors (Lipinski definition) is 1.